The van der Waals surface area contributed by atoms with Crippen LogP contribution in [0.4, 0.5) is 5.69 Å². The van der Waals surface area contributed by atoms with Crippen molar-refractivity contribution in [3.63, 3.8) is 0 Å². The highest BCUT2D eigenvalue weighted by atomic mass is 15.1. The van der Waals surface area contributed by atoms with Gasteiger partial charge in [-0.25, -0.2) is 4.98 Å². The summed E-state index contributed by atoms with van der Waals surface area (Å²) in [6.45, 7) is 2.09. The van der Waals surface area contributed by atoms with E-state index >= 15 is 0 Å². The third-order valence-electron chi connectivity index (χ3n) is 3.28. The van der Waals surface area contributed by atoms with Crippen LogP contribution in [0.5, 0.6) is 0 Å². The highest BCUT2D eigenvalue weighted by Crippen LogP contribution is 2.25. The smallest absolute Gasteiger partial charge is 0.140 e. The molecule has 0 radical (unpaired) electrons. The van der Waals surface area contributed by atoms with Gasteiger partial charge in [0.05, 0.1) is 11.0 Å². The molecule has 3 nitrogen and oxygen atoms in total. The molecule has 2 N–H and O–H groups in total. The number of rotatable bonds is 1. The molecule has 0 saturated carbocycles. The van der Waals surface area contributed by atoms with E-state index in [0.29, 0.717) is 0 Å². The number of hydrogen-bond donors (Lipinski definition) is 1. The number of aryl methyl sites for hydroxylation is 2. The predicted molar refractivity (Wildman–Crippen MR) is 75.3 cm³/mol. The Hall–Kier alpha value is -2.29. The van der Waals surface area contributed by atoms with Gasteiger partial charge in [0.2, 0.25) is 0 Å². The Morgan fingerprint density at radius 2 is 1.78 bits per heavy atom. The second-order valence-electron chi connectivity index (χ2n) is 4.56. The van der Waals surface area contributed by atoms with Crippen LogP contribution in [-0.2, 0) is 7.05 Å². The fourth-order valence-corrected chi connectivity index (χ4v) is 2.24. The van der Waals surface area contributed by atoms with Crippen LogP contribution in [-0.4, -0.2) is 9.55 Å². The molecule has 0 amide bonds. The van der Waals surface area contributed by atoms with Crippen LogP contribution in [0.25, 0.3) is 22.4 Å². The summed E-state index contributed by atoms with van der Waals surface area (Å²) in [4.78, 5) is 4.73. The average molecular weight is 237 g/mol. The first-order chi connectivity index (χ1) is 8.66. The number of anilines is 1. The van der Waals surface area contributed by atoms with Gasteiger partial charge in [-0.2, -0.15) is 0 Å². The first-order valence-corrected chi connectivity index (χ1v) is 5.95. The molecular formula is C15H15N3. The maximum atomic E-state index is 5.71. The third kappa shape index (κ3) is 1.56. The molecule has 2 aromatic carbocycles. The van der Waals surface area contributed by atoms with Crippen LogP contribution in [0.2, 0.25) is 0 Å². The normalized spacial score (nSPS) is 11.0. The van der Waals surface area contributed by atoms with E-state index in [1.807, 2.05) is 31.3 Å². The molecule has 90 valence electrons. The first-order valence-electron chi connectivity index (χ1n) is 5.95. The number of nitrogens with zero attached hydrogens (tertiary/aromatic N) is 2. The largest absolute Gasteiger partial charge is 0.399 e. The van der Waals surface area contributed by atoms with Crippen molar-refractivity contribution in [3.05, 3.63) is 48.0 Å². The number of para-hydroxylation sites is 1. The van der Waals surface area contributed by atoms with Crippen LogP contribution in [0, 0.1) is 6.92 Å². The van der Waals surface area contributed by atoms with Crippen molar-refractivity contribution in [1.29, 1.82) is 0 Å². The molecule has 0 unspecified atom stereocenters. The molecule has 3 heteroatoms. The SMILES string of the molecule is Cc1cccc2c1nc(-c1ccc(N)cc1)n2C. The van der Waals surface area contributed by atoms with Gasteiger partial charge in [-0.15, -0.1) is 0 Å². The van der Waals surface area contributed by atoms with E-state index in [0.717, 1.165) is 28.1 Å². The number of imidazole rings is 1. The Bertz CT molecular complexity index is 708. The van der Waals surface area contributed by atoms with Crippen molar-refractivity contribution in [1.82, 2.24) is 9.55 Å². The third-order valence-corrected chi connectivity index (χ3v) is 3.28. The summed E-state index contributed by atoms with van der Waals surface area (Å²) < 4.78 is 2.12. The molecule has 0 aliphatic rings. The molecule has 18 heavy (non-hydrogen) atoms. The highest BCUT2D eigenvalue weighted by molar-refractivity contribution is 5.83. The lowest BCUT2D eigenvalue weighted by atomic mass is 10.2. The predicted octanol–water partition coefficient (Wildman–Crippen LogP) is 3.13. The molecule has 0 bridgehead atoms. The molecule has 0 spiro atoms. The van der Waals surface area contributed by atoms with E-state index in [1.165, 1.54) is 5.56 Å². The second kappa shape index (κ2) is 3.88. The number of benzene rings is 2. The summed E-state index contributed by atoms with van der Waals surface area (Å²) in [7, 11) is 2.04. The van der Waals surface area contributed by atoms with E-state index in [2.05, 4.69) is 29.7 Å². The Balaban J connectivity index is 2.27. The van der Waals surface area contributed by atoms with Crippen LogP contribution in [0.15, 0.2) is 42.5 Å². The molecular weight excluding hydrogens is 222 g/mol. The van der Waals surface area contributed by atoms with Gasteiger partial charge >= 0.3 is 0 Å². The van der Waals surface area contributed by atoms with Gasteiger partial charge in [0.15, 0.2) is 0 Å². The molecule has 0 fully saturated rings. The maximum absolute atomic E-state index is 5.71. The summed E-state index contributed by atoms with van der Waals surface area (Å²) in [5.74, 6) is 0.972. The number of nitrogens with two attached hydrogens (primary N) is 1. The Morgan fingerprint density at radius 1 is 1.06 bits per heavy atom. The minimum absolute atomic E-state index is 0.772. The molecule has 1 aromatic heterocycles. The topological polar surface area (TPSA) is 43.8 Å². The molecule has 0 aliphatic carbocycles. The maximum Gasteiger partial charge on any atom is 0.140 e. The number of nitrogen functional groups attached to an aromatic ring is 1. The zero-order valence-corrected chi connectivity index (χ0v) is 10.5. The fourth-order valence-electron chi connectivity index (χ4n) is 2.24. The second-order valence-corrected chi connectivity index (χ2v) is 4.56. The van der Waals surface area contributed by atoms with Crippen LogP contribution >= 0.6 is 0 Å². The van der Waals surface area contributed by atoms with Crippen molar-refractivity contribution >= 4 is 16.7 Å². The van der Waals surface area contributed by atoms with Gasteiger partial charge in [0.25, 0.3) is 0 Å². The summed E-state index contributed by atoms with van der Waals surface area (Å²) in [6.07, 6.45) is 0. The minimum atomic E-state index is 0.772. The molecule has 0 atom stereocenters. The summed E-state index contributed by atoms with van der Waals surface area (Å²) in [5.41, 5.74) is 11.0. The molecule has 1 heterocycles. The van der Waals surface area contributed by atoms with Crippen LogP contribution in [0.3, 0.4) is 0 Å². The zero-order valence-electron chi connectivity index (χ0n) is 10.5. The fraction of sp³-hybridized carbons (Fsp3) is 0.133. The van der Waals surface area contributed by atoms with Gasteiger partial charge in [-0.3, -0.25) is 0 Å². The van der Waals surface area contributed by atoms with E-state index in [4.69, 9.17) is 10.7 Å². The van der Waals surface area contributed by atoms with Crippen LogP contribution < -0.4 is 5.73 Å². The summed E-state index contributed by atoms with van der Waals surface area (Å²) >= 11 is 0. The number of aromatic nitrogens is 2. The van der Waals surface area contributed by atoms with Gasteiger partial charge in [-0.05, 0) is 42.8 Å². The minimum Gasteiger partial charge on any atom is -0.399 e. The lowest BCUT2D eigenvalue weighted by molar-refractivity contribution is 0.959. The molecule has 3 aromatic rings. The Morgan fingerprint density at radius 3 is 2.44 bits per heavy atom. The van der Waals surface area contributed by atoms with Crippen molar-refractivity contribution in [3.8, 4) is 11.4 Å². The van der Waals surface area contributed by atoms with Gasteiger partial charge in [0, 0.05) is 18.3 Å². The van der Waals surface area contributed by atoms with E-state index in [9.17, 15) is 0 Å². The van der Waals surface area contributed by atoms with Crippen molar-refractivity contribution in [2.45, 2.75) is 6.92 Å². The average Bonchev–Trinajstić information content (AvgIpc) is 2.70. The quantitative estimate of drug-likeness (QED) is 0.661. The number of fused-ring (bicyclic) bond motifs is 1. The zero-order chi connectivity index (χ0) is 12.7. The van der Waals surface area contributed by atoms with Crippen molar-refractivity contribution in [2.24, 2.45) is 7.05 Å². The van der Waals surface area contributed by atoms with Gasteiger partial charge in [0.1, 0.15) is 5.82 Å². The lowest BCUT2D eigenvalue weighted by Gasteiger charge is -2.02. The Labute approximate surface area is 106 Å². The molecule has 0 saturated heterocycles. The van der Waals surface area contributed by atoms with Crippen LogP contribution in [0.1, 0.15) is 5.56 Å². The molecule has 3 rings (SSSR count). The lowest BCUT2D eigenvalue weighted by Crippen LogP contribution is -1.92. The number of hydrogen-bond acceptors (Lipinski definition) is 2. The van der Waals surface area contributed by atoms with Gasteiger partial charge < -0.3 is 10.3 Å². The summed E-state index contributed by atoms with van der Waals surface area (Å²) in [5, 5.41) is 0. The monoisotopic (exact) mass is 237 g/mol. The molecule has 0 aliphatic heterocycles. The standard InChI is InChI=1S/C15H15N3/c1-10-4-3-5-13-14(10)17-15(18(13)2)11-6-8-12(16)9-7-11/h3-9H,16H2,1-2H3. The van der Waals surface area contributed by atoms with Gasteiger partial charge in [-0.1, -0.05) is 12.1 Å². The van der Waals surface area contributed by atoms with Crippen molar-refractivity contribution in [2.75, 3.05) is 5.73 Å². The van der Waals surface area contributed by atoms with E-state index in [-0.39, 0.29) is 0 Å². The first kappa shape index (κ1) is 10.8. The summed E-state index contributed by atoms with van der Waals surface area (Å²) in [6, 6.07) is 14.1. The van der Waals surface area contributed by atoms with E-state index < -0.39 is 0 Å². The van der Waals surface area contributed by atoms with E-state index in [1.54, 1.807) is 0 Å². The highest BCUT2D eigenvalue weighted by Gasteiger charge is 2.10. The Kier molecular flexibility index (Phi) is 2.33. The van der Waals surface area contributed by atoms with Crippen molar-refractivity contribution < 1.29 is 0 Å².